The van der Waals surface area contributed by atoms with Gasteiger partial charge in [0.15, 0.2) is 0 Å². The zero-order chi connectivity index (χ0) is 11.0. The molecule has 1 aromatic carbocycles. The van der Waals surface area contributed by atoms with Crippen LogP contribution < -0.4 is 0 Å². The molecule has 78 valence electrons. The first-order valence-electron chi connectivity index (χ1n) is 4.80. The average Bonchev–Trinajstić information content (AvgIpc) is 2.19. The molecule has 0 bridgehead atoms. The van der Waals surface area contributed by atoms with Crippen LogP contribution in [-0.2, 0) is 4.74 Å². The molecule has 0 spiro atoms. The van der Waals surface area contributed by atoms with Gasteiger partial charge in [-0.05, 0) is 19.1 Å². The molecule has 14 heavy (non-hydrogen) atoms. The third kappa shape index (κ3) is 4.65. The van der Waals surface area contributed by atoms with E-state index in [0.29, 0.717) is 5.56 Å². The van der Waals surface area contributed by atoms with Gasteiger partial charge in [-0.1, -0.05) is 38.0 Å². The predicted octanol–water partition coefficient (Wildman–Crippen LogP) is 3.20. The van der Waals surface area contributed by atoms with Gasteiger partial charge >= 0.3 is 5.97 Å². The Kier molecular flexibility index (Phi) is 6.46. The lowest BCUT2D eigenvalue weighted by atomic mass is 10.2. The second-order valence-electron chi connectivity index (χ2n) is 3.06. The molecule has 2 heteroatoms. The normalized spacial score (nSPS) is 8.57. The second kappa shape index (κ2) is 7.13. The number of benzene rings is 1. The zero-order valence-corrected chi connectivity index (χ0v) is 9.33. The van der Waals surface area contributed by atoms with E-state index in [9.17, 15) is 4.79 Å². The minimum Gasteiger partial charge on any atom is -0.465 e. The summed E-state index contributed by atoms with van der Waals surface area (Å²) in [5, 5.41) is 0. The first kappa shape index (κ1) is 12.7. The van der Waals surface area contributed by atoms with Gasteiger partial charge in [0.2, 0.25) is 0 Å². The van der Waals surface area contributed by atoms with Crippen LogP contribution in [0.2, 0.25) is 0 Å². The van der Waals surface area contributed by atoms with Gasteiger partial charge in [0.25, 0.3) is 0 Å². The predicted molar refractivity (Wildman–Crippen MR) is 58.5 cm³/mol. The van der Waals surface area contributed by atoms with Crippen LogP contribution in [0.5, 0.6) is 0 Å². The maximum absolute atomic E-state index is 10.9. The number of carbonyl (C=O) groups excluding carboxylic acids is 1. The molecule has 0 N–H and O–H groups in total. The Morgan fingerprint density at radius 3 is 2.00 bits per heavy atom. The first-order valence-corrected chi connectivity index (χ1v) is 4.80. The van der Waals surface area contributed by atoms with E-state index in [4.69, 9.17) is 0 Å². The summed E-state index contributed by atoms with van der Waals surface area (Å²) in [5.74, 6) is -0.287. The summed E-state index contributed by atoms with van der Waals surface area (Å²) in [5.41, 5.74) is 1.73. The number of rotatable bonds is 1. The topological polar surface area (TPSA) is 26.3 Å². The van der Waals surface area contributed by atoms with E-state index in [1.54, 1.807) is 12.1 Å². The molecule has 0 aliphatic heterocycles. The van der Waals surface area contributed by atoms with Crippen LogP contribution in [-0.4, -0.2) is 13.1 Å². The maximum Gasteiger partial charge on any atom is 0.337 e. The van der Waals surface area contributed by atoms with E-state index in [-0.39, 0.29) is 5.97 Å². The van der Waals surface area contributed by atoms with Crippen molar-refractivity contribution in [3.8, 4) is 0 Å². The molecule has 0 atom stereocenters. The minimum absolute atomic E-state index is 0.287. The van der Waals surface area contributed by atoms with Crippen molar-refractivity contribution in [2.45, 2.75) is 27.2 Å². The van der Waals surface area contributed by atoms with Crippen LogP contribution in [0.1, 0.15) is 36.2 Å². The SMILES string of the molecule is CCC.COC(=O)c1ccc(C)cc1. The molecule has 0 amide bonds. The minimum atomic E-state index is -0.287. The molecule has 0 saturated carbocycles. The Balaban J connectivity index is 0.000000500. The Hall–Kier alpha value is -1.31. The monoisotopic (exact) mass is 194 g/mol. The van der Waals surface area contributed by atoms with Gasteiger partial charge in [0, 0.05) is 0 Å². The third-order valence-electron chi connectivity index (χ3n) is 1.47. The number of methoxy groups -OCH3 is 1. The molecule has 0 unspecified atom stereocenters. The highest BCUT2D eigenvalue weighted by Crippen LogP contribution is 2.03. The van der Waals surface area contributed by atoms with E-state index >= 15 is 0 Å². The van der Waals surface area contributed by atoms with Gasteiger partial charge in [-0.15, -0.1) is 0 Å². The van der Waals surface area contributed by atoms with Crippen LogP contribution in [0.25, 0.3) is 0 Å². The highest BCUT2D eigenvalue weighted by Gasteiger charge is 2.01. The third-order valence-corrected chi connectivity index (χ3v) is 1.47. The molecule has 2 nitrogen and oxygen atoms in total. The fraction of sp³-hybridized carbons (Fsp3) is 0.417. The molecule has 0 aromatic heterocycles. The zero-order valence-electron chi connectivity index (χ0n) is 9.33. The number of hydrogen-bond donors (Lipinski definition) is 0. The summed E-state index contributed by atoms with van der Waals surface area (Å²) in [6, 6.07) is 7.26. The van der Waals surface area contributed by atoms with Crippen LogP contribution in [0.3, 0.4) is 0 Å². The Labute approximate surface area is 85.9 Å². The Morgan fingerprint density at radius 1 is 1.21 bits per heavy atom. The molecule has 1 aromatic rings. The van der Waals surface area contributed by atoms with Gasteiger partial charge in [-0.25, -0.2) is 4.79 Å². The number of carbonyl (C=O) groups is 1. The number of hydrogen-bond acceptors (Lipinski definition) is 2. The van der Waals surface area contributed by atoms with E-state index < -0.39 is 0 Å². The fourth-order valence-electron chi connectivity index (χ4n) is 0.807. The lowest BCUT2D eigenvalue weighted by Gasteiger charge is -1.97. The number of aryl methyl sites for hydroxylation is 1. The quantitative estimate of drug-likeness (QED) is 0.642. The van der Waals surface area contributed by atoms with Crippen molar-refractivity contribution >= 4 is 5.97 Å². The Morgan fingerprint density at radius 2 is 1.64 bits per heavy atom. The van der Waals surface area contributed by atoms with E-state index in [1.165, 1.54) is 13.5 Å². The van der Waals surface area contributed by atoms with Crippen LogP contribution >= 0.6 is 0 Å². The Bertz CT molecular complexity index is 262. The fourth-order valence-corrected chi connectivity index (χ4v) is 0.807. The number of esters is 1. The van der Waals surface area contributed by atoms with Gasteiger partial charge in [0.1, 0.15) is 0 Å². The summed E-state index contributed by atoms with van der Waals surface area (Å²) in [6.45, 7) is 6.22. The van der Waals surface area contributed by atoms with Crippen LogP contribution in [0.4, 0.5) is 0 Å². The summed E-state index contributed by atoms with van der Waals surface area (Å²) in [6.07, 6.45) is 1.25. The summed E-state index contributed by atoms with van der Waals surface area (Å²) in [7, 11) is 1.38. The van der Waals surface area contributed by atoms with Crippen molar-refractivity contribution in [3.63, 3.8) is 0 Å². The highest BCUT2D eigenvalue weighted by atomic mass is 16.5. The van der Waals surface area contributed by atoms with Crippen molar-refractivity contribution in [1.82, 2.24) is 0 Å². The summed E-state index contributed by atoms with van der Waals surface area (Å²) in [4.78, 5) is 10.9. The lowest BCUT2D eigenvalue weighted by Crippen LogP contribution is -2.00. The lowest BCUT2D eigenvalue weighted by molar-refractivity contribution is 0.0601. The largest absolute Gasteiger partial charge is 0.465 e. The first-order chi connectivity index (χ1) is 6.65. The van der Waals surface area contributed by atoms with E-state index in [1.807, 2.05) is 19.1 Å². The van der Waals surface area contributed by atoms with Crippen molar-refractivity contribution in [2.24, 2.45) is 0 Å². The molecular weight excluding hydrogens is 176 g/mol. The van der Waals surface area contributed by atoms with E-state index in [2.05, 4.69) is 18.6 Å². The second-order valence-corrected chi connectivity index (χ2v) is 3.06. The standard InChI is InChI=1S/C9H10O2.C3H8/c1-7-3-5-8(6-4-7)9(10)11-2;1-3-2/h3-6H,1-2H3;3H2,1-2H3. The maximum atomic E-state index is 10.9. The van der Waals surface area contributed by atoms with Crippen molar-refractivity contribution in [2.75, 3.05) is 7.11 Å². The molecular formula is C12H18O2. The van der Waals surface area contributed by atoms with Crippen molar-refractivity contribution in [1.29, 1.82) is 0 Å². The molecule has 0 saturated heterocycles. The average molecular weight is 194 g/mol. The van der Waals surface area contributed by atoms with Gasteiger partial charge in [0.05, 0.1) is 12.7 Å². The summed E-state index contributed by atoms with van der Waals surface area (Å²) < 4.78 is 4.54. The molecule has 0 fully saturated rings. The van der Waals surface area contributed by atoms with Crippen LogP contribution in [0.15, 0.2) is 24.3 Å². The highest BCUT2D eigenvalue weighted by molar-refractivity contribution is 5.89. The smallest absolute Gasteiger partial charge is 0.337 e. The van der Waals surface area contributed by atoms with Crippen molar-refractivity contribution in [3.05, 3.63) is 35.4 Å². The van der Waals surface area contributed by atoms with Gasteiger partial charge in [-0.3, -0.25) is 0 Å². The molecule has 0 aliphatic rings. The van der Waals surface area contributed by atoms with Gasteiger partial charge in [-0.2, -0.15) is 0 Å². The molecule has 0 aliphatic carbocycles. The van der Waals surface area contributed by atoms with Gasteiger partial charge < -0.3 is 4.74 Å². The molecule has 0 heterocycles. The van der Waals surface area contributed by atoms with E-state index in [0.717, 1.165) is 5.56 Å². The van der Waals surface area contributed by atoms with Crippen LogP contribution in [0, 0.1) is 6.92 Å². The number of ether oxygens (including phenoxy) is 1. The van der Waals surface area contributed by atoms with Crippen molar-refractivity contribution < 1.29 is 9.53 Å². The molecule has 0 radical (unpaired) electrons. The molecule has 1 rings (SSSR count). The summed E-state index contributed by atoms with van der Waals surface area (Å²) >= 11 is 0.